The number of anilines is 1. The van der Waals surface area contributed by atoms with E-state index in [-0.39, 0.29) is 5.69 Å². The molecule has 0 spiro atoms. The van der Waals surface area contributed by atoms with Gasteiger partial charge >= 0.3 is 5.97 Å². The number of nitrogens with one attached hydrogen (secondary N) is 2. The Labute approximate surface area is 157 Å². The van der Waals surface area contributed by atoms with Crippen molar-refractivity contribution in [3.05, 3.63) is 48.2 Å². The van der Waals surface area contributed by atoms with Crippen molar-refractivity contribution in [3.8, 4) is 5.75 Å². The summed E-state index contributed by atoms with van der Waals surface area (Å²) in [5.74, 6) is -0.435. The van der Waals surface area contributed by atoms with Crippen LogP contribution in [0.3, 0.4) is 0 Å². The number of carbonyl (C=O) groups is 2. The summed E-state index contributed by atoms with van der Waals surface area (Å²) < 4.78 is 11.1. The molecule has 0 saturated carbocycles. The summed E-state index contributed by atoms with van der Waals surface area (Å²) in [4.78, 5) is 28.6. The molecule has 2 aromatic carbocycles. The number of nitrogens with zero attached hydrogens (tertiary/aromatic N) is 2. The zero-order chi connectivity index (χ0) is 18.8. The van der Waals surface area contributed by atoms with E-state index in [0.29, 0.717) is 16.3 Å². The lowest BCUT2D eigenvalue weighted by atomic mass is 10.2. The highest BCUT2D eigenvalue weighted by atomic mass is 32.1. The zero-order valence-electron chi connectivity index (χ0n) is 14.2. The van der Waals surface area contributed by atoms with E-state index in [1.807, 2.05) is 18.2 Å². The van der Waals surface area contributed by atoms with Crippen LogP contribution in [0.15, 0.2) is 42.5 Å². The molecule has 0 fully saturated rings. The highest BCUT2D eigenvalue weighted by Crippen LogP contribution is 2.29. The van der Waals surface area contributed by atoms with E-state index in [4.69, 9.17) is 9.47 Å². The average Bonchev–Trinajstić information content (AvgIpc) is 3.28. The highest BCUT2D eigenvalue weighted by Gasteiger charge is 2.17. The maximum atomic E-state index is 12.2. The predicted octanol–water partition coefficient (Wildman–Crippen LogP) is 2.98. The van der Waals surface area contributed by atoms with Crippen molar-refractivity contribution in [1.82, 2.24) is 15.2 Å². The molecule has 0 aliphatic heterocycles. The van der Waals surface area contributed by atoms with Gasteiger partial charge in [0, 0.05) is 5.39 Å². The van der Waals surface area contributed by atoms with Gasteiger partial charge in [-0.25, -0.2) is 9.78 Å². The fourth-order valence-electron chi connectivity index (χ4n) is 2.56. The van der Waals surface area contributed by atoms with E-state index < -0.39 is 18.5 Å². The second-order valence-corrected chi connectivity index (χ2v) is 6.63. The van der Waals surface area contributed by atoms with Crippen molar-refractivity contribution >= 4 is 49.5 Å². The normalized spacial score (nSPS) is 10.9. The Morgan fingerprint density at radius 2 is 2.07 bits per heavy atom. The Balaban J connectivity index is 1.40. The lowest BCUT2D eigenvalue weighted by Gasteiger charge is -2.03. The van der Waals surface area contributed by atoms with Crippen LogP contribution in [0, 0.1) is 0 Å². The molecule has 2 N–H and O–H groups in total. The zero-order valence-corrected chi connectivity index (χ0v) is 15.0. The molecule has 8 nitrogen and oxygen atoms in total. The van der Waals surface area contributed by atoms with Gasteiger partial charge in [-0.2, -0.15) is 5.10 Å². The highest BCUT2D eigenvalue weighted by molar-refractivity contribution is 7.22. The SMILES string of the molecule is COc1ccc2nc(NC(=O)COC(=O)c3n[nH]c4ccccc34)sc2c1. The number of aromatic nitrogens is 3. The summed E-state index contributed by atoms with van der Waals surface area (Å²) in [5.41, 5.74) is 1.61. The van der Waals surface area contributed by atoms with Crippen molar-refractivity contribution in [2.45, 2.75) is 0 Å². The number of thiazole rings is 1. The number of benzene rings is 2. The number of rotatable bonds is 5. The summed E-state index contributed by atoms with van der Waals surface area (Å²) in [6, 6.07) is 12.6. The number of ether oxygens (including phenoxy) is 2. The van der Waals surface area contributed by atoms with E-state index in [0.717, 1.165) is 15.7 Å². The Morgan fingerprint density at radius 3 is 2.93 bits per heavy atom. The number of amides is 1. The maximum absolute atomic E-state index is 12.2. The van der Waals surface area contributed by atoms with Gasteiger partial charge in [0.1, 0.15) is 5.75 Å². The van der Waals surface area contributed by atoms with Crippen molar-refractivity contribution in [3.63, 3.8) is 0 Å². The van der Waals surface area contributed by atoms with Gasteiger partial charge in [0.15, 0.2) is 17.4 Å². The van der Waals surface area contributed by atoms with E-state index in [1.165, 1.54) is 11.3 Å². The summed E-state index contributed by atoms with van der Waals surface area (Å²) >= 11 is 1.31. The monoisotopic (exact) mass is 382 g/mol. The first-order chi connectivity index (χ1) is 13.1. The van der Waals surface area contributed by atoms with E-state index in [9.17, 15) is 9.59 Å². The quantitative estimate of drug-likeness (QED) is 0.514. The molecule has 1 amide bonds. The second-order valence-electron chi connectivity index (χ2n) is 5.59. The standard InChI is InChI=1S/C18H14N4O4S/c1-25-10-6-7-13-14(8-10)27-18(19-13)20-15(23)9-26-17(24)16-11-4-2-3-5-12(11)21-22-16/h2-8H,9H2,1H3,(H,21,22)(H,19,20,23). The van der Waals surface area contributed by atoms with E-state index >= 15 is 0 Å². The molecule has 4 rings (SSSR count). The molecule has 2 aromatic heterocycles. The van der Waals surface area contributed by atoms with Gasteiger partial charge in [0.05, 0.1) is 22.8 Å². The molecule has 2 heterocycles. The minimum Gasteiger partial charge on any atom is -0.497 e. The number of esters is 1. The molecule has 0 aliphatic carbocycles. The first kappa shape index (κ1) is 17.0. The molecule has 9 heteroatoms. The molecule has 0 unspecified atom stereocenters. The number of carbonyl (C=O) groups excluding carboxylic acids is 2. The number of para-hydroxylation sites is 1. The topological polar surface area (TPSA) is 106 Å². The van der Waals surface area contributed by atoms with Crippen molar-refractivity contribution in [2.75, 3.05) is 19.0 Å². The molecular formula is C18H14N4O4S. The molecule has 0 bridgehead atoms. The van der Waals surface area contributed by atoms with Gasteiger partial charge in [0.2, 0.25) is 0 Å². The van der Waals surface area contributed by atoms with Gasteiger partial charge in [-0.1, -0.05) is 29.5 Å². The smallest absolute Gasteiger partial charge is 0.359 e. The van der Waals surface area contributed by atoms with Crippen LogP contribution >= 0.6 is 11.3 Å². The van der Waals surface area contributed by atoms with Crippen LogP contribution in [-0.2, 0) is 9.53 Å². The van der Waals surface area contributed by atoms with E-state index in [1.54, 1.807) is 31.4 Å². The average molecular weight is 382 g/mol. The van der Waals surface area contributed by atoms with Crippen LogP contribution in [0.1, 0.15) is 10.5 Å². The minimum absolute atomic E-state index is 0.144. The molecule has 0 atom stereocenters. The second kappa shape index (κ2) is 7.04. The molecular weight excluding hydrogens is 368 g/mol. The number of aromatic amines is 1. The lowest BCUT2D eigenvalue weighted by Crippen LogP contribution is -2.21. The third kappa shape index (κ3) is 3.44. The summed E-state index contributed by atoms with van der Waals surface area (Å²) in [7, 11) is 1.59. The molecule has 0 aliphatic rings. The third-order valence-electron chi connectivity index (χ3n) is 3.84. The number of fused-ring (bicyclic) bond motifs is 2. The third-order valence-corrected chi connectivity index (χ3v) is 4.77. The van der Waals surface area contributed by atoms with Crippen LogP contribution < -0.4 is 10.1 Å². The largest absolute Gasteiger partial charge is 0.497 e. The Hall–Kier alpha value is -3.46. The van der Waals surface area contributed by atoms with Gasteiger partial charge in [-0.3, -0.25) is 15.2 Å². The number of hydrogen-bond acceptors (Lipinski definition) is 7. The summed E-state index contributed by atoms with van der Waals surface area (Å²) in [6.45, 7) is -0.431. The van der Waals surface area contributed by atoms with Crippen molar-refractivity contribution in [2.24, 2.45) is 0 Å². The van der Waals surface area contributed by atoms with Crippen LogP contribution in [-0.4, -0.2) is 40.8 Å². The van der Waals surface area contributed by atoms with Gasteiger partial charge in [-0.15, -0.1) is 0 Å². The van der Waals surface area contributed by atoms with Crippen molar-refractivity contribution in [1.29, 1.82) is 0 Å². The van der Waals surface area contributed by atoms with Gasteiger partial charge in [0.25, 0.3) is 5.91 Å². The molecule has 0 radical (unpaired) electrons. The fraction of sp³-hybridized carbons (Fsp3) is 0.111. The molecule has 27 heavy (non-hydrogen) atoms. The summed E-state index contributed by atoms with van der Waals surface area (Å²) in [5, 5.41) is 10.4. The first-order valence-corrected chi connectivity index (χ1v) is 8.80. The Morgan fingerprint density at radius 1 is 1.22 bits per heavy atom. The lowest BCUT2D eigenvalue weighted by molar-refractivity contribution is -0.119. The van der Waals surface area contributed by atoms with Crippen LogP contribution in [0.4, 0.5) is 5.13 Å². The van der Waals surface area contributed by atoms with E-state index in [2.05, 4.69) is 20.5 Å². The Kier molecular flexibility index (Phi) is 4.43. The minimum atomic E-state index is -0.670. The number of H-pyrrole nitrogens is 1. The number of hydrogen-bond donors (Lipinski definition) is 2. The number of methoxy groups -OCH3 is 1. The molecule has 136 valence electrons. The first-order valence-electron chi connectivity index (χ1n) is 7.99. The summed E-state index contributed by atoms with van der Waals surface area (Å²) in [6.07, 6.45) is 0. The predicted molar refractivity (Wildman–Crippen MR) is 101 cm³/mol. The molecule has 4 aromatic rings. The fourth-order valence-corrected chi connectivity index (χ4v) is 3.47. The van der Waals surface area contributed by atoms with Gasteiger partial charge < -0.3 is 9.47 Å². The van der Waals surface area contributed by atoms with Crippen molar-refractivity contribution < 1.29 is 19.1 Å². The maximum Gasteiger partial charge on any atom is 0.359 e. The van der Waals surface area contributed by atoms with Crippen LogP contribution in [0.2, 0.25) is 0 Å². The van der Waals surface area contributed by atoms with Gasteiger partial charge in [-0.05, 0) is 24.3 Å². The van der Waals surface area contributed by atoms with Crippen LogP contribution in [0.25, 0.3) is 21.1 Å². The van der Waals surface area contributed by atoms with Crippen LogP contribution in [0.5, 0.6) is 5.75 Å². The Bertz CT molecular complexity index is 1150. The molecule has 0 saturated heterocycles.